The molecule has 0 N–H and O–H groups in total. The Kier molecular flexibility index (Phi) is 6.75. The zero-order chi connectivity index (χ0) is 26.3. The third-order valence-corrected chi connectivity index (χ3v) is 8.47. The molecule has 1 aromatic carbocycles. The van der Waals surface area contributed by atoms with Crippen LogP contribution >= 0.6 is 0 Å². The van der Waals surface area contributed by atoms with Crippen molar-refractivity contribution < 1.29 is 9.47 Å². The SMILES string of the molecule is COC(C)(C)C1CCN(Cc2nc3c(N4CCOCC4)nc(-c4cncc5ccccc45)nc3n2C)CC1. The van der Waals surface area contributed by atoms with Gasteiger partial charge in [0.05, 0.1) is 25.4 Å². The summed E-state index contributed by atoms with van der Waals surface area (Å²) < 4.78 is 13.6. The molecule has 2 aliphatic rings. The molecule has 2 saturated heterocycles. The van der Waals surface area contributed by atoms with Crippen LogP contribution in [0.15, 0.2) is 36.7 Å². The Balaban J connectivity index is 1.38. The Morgan fingerprint density at radius 1 is 1.00 bits per heavy atom. The number of imidazole rings is 1. The van der Waals surface area contributed by atoms with E-state index in [9.17, 15) is 0 Å². The molecule has 38 heavy (non-hydrogen) atoms. The molecule has 6 rings (SSSR count). The van der Waals surface area contributed by atoms with Crippen LogP contribution < -0.4 is 4.90 Å². The van der Waals surface area contributed by atoms with Crippen molar-refractivity contribution in [1.82, 2.24) is 29.4 Å². The fraction of sp³-hybridized carbons (Fsp3) is 0.517. The molecule has 0 bridgehead atoms. The van der Waals surface area contributed by atoms with Crippen LogP contribution in [0.5, 0.6) is 0 Å². The fourth-order valence-electron chi connectivity index (χ4n) is 5.80. The van der Waals surface area contributed by atoms with Crippen LogP contribution in [0.1, 0.15) is 32.5 Å². The number of fused-ring (bicyclic) bond motifs is 2. The molecule has 200 valence electrons. The fourth-order valence-corrected chi connectivity index (χ4v) is 5.80. The van der Waals surface area contributed by atoms with Crippen molar-refractivity contribution in [3.05, 3.63) is 42.5 Å². The average Bonchev–Trinajstić information content (AvgIpc) is 3.27. The molecule has 9 heteroatoms. The molecule has 0 atom stereocenters. The summed E-state index contributed by atoms with van der Waals surface area (Å²) in [5, 5.41) is 2.17. The highest BCUT2D eigenvalue weighted by Gasteiger charge is 2.33. The van der Waals surface area contributed by atoms with Gasteiger partial charge in [-0.15, -0.1) is 0 Å². The highest BCUT2D eigenvalue weighted by atomic mass is 16.5. The zero-order valence-corrected chi connectivity index (χ0v) is 22.9. The van der Waals surface area contributed by atoms with E-state index >= 15 is 0 Å². The third kappa shape index (κ3) is 4.63. The van der Waals surface area contributed by atoms with Crippen molar-refractivity contribution in [3.8, 4) is 11.4 Å². The Morgan fingerprint density at radius 2 is 1.76 bits per heavy atom. The standard InChI is InChI=1S/C29H37N7O2/c1-29(2,37-4)21-9-11-35(12-10-21)19-24-31-25-27(34(24)3)32-26(33-28(25)36-13-15-38-16-14-36)23-18-30-17-20-7-5-6-8-22(20)23/h5-8,17-18,21H,9-16,19H2,1-4H3. The molecule has 0 aliphatic carbocycles. The van der Waals surface area contributed by atoms with E-state index < -0.39 is 0 Å². The number of aromatic nitrogens is 5. The number of benzene rings is 1. The van der Waals surface area contributed by atoms with Crippen LogP contribution in [-0.2, 0) is 23.1 Å². The van der Waals surface area contributed by atoms with Gasteiger partial charge >= 0.3 is 0 Å². The van der Waals surface area contributed by atoms with Gasteiger partial charge in [0.15, 0.2) is 22.8 Å². The highest BCUT2D eigenvalue weighted by Crippen LogP contribution is 2.33. The second-order valence-electron chi connectivity index (χ2n) is 11.0. The van der Waals surface area contributed by atoms with Crippen LogP contribution in [0.3, 0.4) is 0 Å². The van der Waals surface area contributed by atoms with Crippen LogP contribution in [-0.4, -0.2) is 81.5 Å². The molecule has 0 spiro atoms. The van der Waals surface area contributed by atoms with Crippen molar-refractivity contribution in [2.75, 3.05) is 51.4 Å². The van der Waals surface area contributed by atoms with E-state index in [4.69, 9.17) is 24.4 Å². The first-order chi connectivity index (χ1) is 18.4. The van der Waals surface area contributed by atoms with Gasteiger partial charge in [0.25, 0.3) is 0 Å². The Hall–Kier alpha value is -3.14. The van der Waals surface area contributed by atoms with Crippen molar-refractivity contribution in [1.29, 1.82) is 0 Å². The summed E-state index contributed by atoms with van der Waals surface area (Å²) in [5.74, 6) is 3.14. The van der Waals surface area contributed by atoms with Crippen molar-refractivity contribution >= 4 is 27.8 Å². The summed E-state index contributed by atoms with van der Waals surface area (Å²) in [7, 11) is 3.90. The Labute approximate surface area is 223 Å². The summed E-state index contributed by atoms with van der Waals surface area (Å²) >= 11 is 0. The molecule has 9 nitrogen and oxygen atoms in total. The number of morpholine rings is 1. The summed E-state index contributed by atoms with van der Waals surface area (Å²) in [4.78, 5) is 24.6. The van der Waals surface area contributed by atoms with E-state index in [-0.39, 0.29) is 5.60 Å². The molecule has 0 saturated carbocycles. The quantitative estimate of drug-likeness (QED) is 0.380. The van der Waals surface area contributed by atoms with E-state index in [1.54, 1.807) is 0 Å². The first-order valence-electron chi connectivity index (χ1n) is 13.6. The van der Waals surface area contributed by atoms with Crippen molar-refractivity contribution in [2.24, 2.45) is 13.0 Å². The number of likely N-dealkylation sites (tertiary alicyclic amines) is 1. The number of pyridine rings is 1. The molecule has 2 fully saturated rings. The smallest absolute Gasteiger partial charge is 0.166 e. The maximum Gasteiger partial charge on any atom is 0.166 e. The number of methoxy groups -OCH3 is 1. The van der Waals surface area contributed by atoms with Crippen LogP contribution in [0, 0.1) is 5.92 Å². The first-order valence-corrected chi connectivity index (χ1v) is 13.6. The summed E-state index contributed by atoms with van der Waals surface area (Å²) in [6.07, 6.45) is 6.01. The maximum absolute atomic E-state index is 5.77. The minimum Gasteiger partial charge on any atom is -0.379 e. The van der Waals surface area contributed by atoms with Gasteiger partial charge in [-0.1, -0.05) is 24.3 Å². The predicted molar refractivity (Wildman–Crippen MR) is 149 cm³/mol. The van der Waals surface area contributed by atoms with Crippen LogP contribution in [0.25, 0.3) is 33.3 Å². The molecular formula is C29H37N7O2. The van der Waals surface area contributed by atoms with Gasteiger partial charge < -0.3 is 18.9 Å². The second kappa shape index (κ2) is 10.2. The molecule has 4 aromatic rings. The number of rotatable bonds is 6. The van der Waals surface area contributed by atoms with Crippen molar-refractivity contribution in [3.63, 3.8) is 0 Å². The average molecular weight is 516 g/mol. The number of anilines is 1. The largest absolute Gasteiger partial charge is 0.379 e. The van der Waals surface area contributed by atoms with Gasteiger partial charge in [0.1, 0.15) is 5.82 Å². The van der Waals surface area contributed by atoms with Gasteiger partial charge in [0, 0.05) is 50.6 Å². The van der Waals surface area contributed by atoms with Gasteiger partial charge in [-0.3, -0.25) is 9.88 Å². The van der Waals surface area contributed by atoms with Crippen LogP contribution in [0.2, 0.25) is 0 Å². The number of aryl methyl sites for hydroxylation is 1. The van der Waals surface area contributed by atoms with Crippen molar-refractivity contribution in [2.45, 2.75) is 38.8 Å². The predicted octanol–water partition coefficient (Wildman–Crippen LogP) is 4.05. The van der Waals surface area contributed by atoms with E-state index in [2.05, 4.69) is 52.4 Å². The minimum absolute atomic E-state index is 0.0838. The molecule has 3 aromatic heterocycles. The molecule has 2 aliphatic heterocycles. The highest BCUT2D eigenvalue weighted by molar-refractivity contribution is 5.96. The molecule has 5 heterocycles. The van der Waals surface area contributed by atoms with E-state index in [1.807, 2.05) is 31.6 Å². The Bertz CT molecular complexity index is 1430. The lowest BCUT2D eigenvalue weighted by Gasteiger charge is -2.39. The summed E-state index contributed by atoms with van der Waals surface area (Å²) in [5.41, 5.74) is 2.57. The number of hydrogen-bond acceptors (Lipinski definition) is 8. The molecule has 0 unspecified atom stereocenters. The maximum atomic E-state index is 5.77. The number of nitrogens with zero attached hydrogens (tertiary/aromatic N) is 7. The molecule has 0 radical (unpaired) electrons. The van der Waals surface area contributed by atoms with E-state index in [1.165, 1.54) is 0 Å². The lowest BCUT2D eigenvalue weighted by atomic mass is 9.83. The lowest BCUT2D eigenvalue weighted by Crippen LogP contribution is -2.42. The molecule has 0 amide bonds. The van der Waals surface area contributed by atoms with Crippen LogP contribution in [0.4, 0.5) is 5.82 Å². The van der Waals surface area contributed by atoms with Gasteiger partial charge in [0.2, 0.25) is 0 Å². The van der Waals surface area contributed by atoms with Gasteiger partial charge in [-0.05, 0) is 51.1 Å². The summed E-state index contributed by atoms with van der Waals surface area (Å²) in [6, 6.07) is 8.26. The van der Waals surface area contributed by atoms with Gasteiger partial charge in [-0.25, -0.2) is 15.0 Å². The number of ether oxygens (including phenoxy) is 2. The summed E-state index contributed by atoms with van der Waals surface area (Å²) in [6.45, 7) is 10.2. The zero-order valence-electron chi connectivity index (χ0n) is 22.9. The Morgan fingerprint density at radius 3 is 2.53 bits per heavy atom. The number of piperidine rings is 1. The molecular weight excluding hydrogens is 478 g/mol. The van der Waals surface area contributed by atoms with E-state index in [0.717, 1.165) is 84.7 Å². The second-order valence-corrected chi connectivity index (χ2v) is 11.0. The monoisotopic (exact) mass is 515 g/mol. The lowest BCUT2D eigenvalue weighted by molar-refractivity contribution is -0.0495. The topological polar surface area (TPSA) is 81.4 Å². The normalized spacial score (nSPS) is 18.1. The third-order valence-electron chi connectivity index (χ3n) is 8.47. The number of hydrogen-bond donors (Lipinski definition) is 0. The van der Waals surface area contributed by atoms with E-state index in [0.29, 0.717) is 25.0 Å². The minimum atomic E-state index is -0.0838. The first kappa shape index (κ1) is 25.2. The van der Waals surface area contributed by atoms with Gasteiger partial charge in [-0.2, -0.15) is 0 Å².